The number of carboxylic acids is 1. The van der Waals surface area contributed by atoms with Gasteiger partial charge in [-0.25, -0.2) is 4.79 Å². The van der Waals surface area contributed by atoms with Crippen LogP contribution in [0.4, 0.5) is 4.79 Å². The van der Waals surface area contributed by atoms with Crippen LogP contribution >= 0.6 is 0 Å². The molecule has 0 atom stereocenters. The Labute approximate surface area is 121 Å². The maximum absolute atomic E-state index is 11.9. The minimum atomic E-state index is -0.985. The number of carbonyl (C=O) groups excluding carboxylic acids is 3. The number of carboxylic acid groups (broad SMARTS) is 1. The summed E-state index contributed by atoms with van der Waals surface area (Å²) in [5.74, 6) is -2.54. The molecule has 0 aromatic carbocycles. The number of aliphatic carboxylic acids is 1. The van der Waals surface area contributed by atoms with Crippen LogP contribution in [0.3, 0.4) is 0 Å². The van der Waals surface area contributed by atoms with Gasteiger partial charge in [-0.05, 0) is 12.8 Å². The molecule has 0 radical (unpaired) electrons. The molecule has 0 spiro atoms. The Morgan fingerprint density at radius 3 is 1.90 bits per heavy atom. The zero-order valence-electron chi connectivity index (χ0n) is 11.6. The van der Waals surface area contributed by atoms with Crippen LogP contribution in [0.25, 0.3) is 0 Å². The molecule has 1 aliphatic rings. The van der Waals surface area contributed by atoms with Crippen molar-refractivity contribution in [2.45, 2.75) is 25.7 Å². The van der Waals surface area contributed by atoms with Gasteiger partial charge in [0.05, 0.1) is 5.41 Å². The molecule has 0 aromatic rings. The molecule has 6 N–H and O–H groups in total. The molecule has 1 rings (SSSR count). The molecule has 9 heteroatoms. The van der Waals surface area contributed by atoms with E-state index in [2.05, 4.69) is 5.32 Å². The highest BCUT2D eigenvalue weighted by atomic mass is 16.4. The minimum absolute atomic E-state index is 0.0603. The lowest BCUT2D eigenvalue weighted by Gasteiger charge is -2.26. The van der Waals surface area contributed by atoms with Gasteiger partial charge in [0.15, 0.2) is 0 Å². The lowest BCUT2D eigenvalue weighted by molar-refractivity contribution is -0.148. The average Bonchev–Trinajstić information content (AvgIpc) is 2.84. The summed E-state index contributed by atoms with van der Waals surface area (Å²) in [4.78, 5) is 45.9. The van der Waals surface area contributed by atoms with Gasteiger partial charge in [-0.2, -0.15) is 0 Å². The van der Waals surface area contributed by atoms with Gasteiger partial charge in [-0.3, -0.25) is 14.4 Å². The van der Waals surface area contributed by atoms with Gasteiger partial charge >= 0.3 is 12.0 Å². The maximum Gasteiger partial charge on any atom is 0.318 e. The van der Waals surface area contributed by atoms with Crippen molar-refractivity contribution in [1.82, 2.24) is 10.2 Å². The first-order valence-corrected chi connectivity index (χ1v) is 6.59. The number of nitrogens with one attached hydrogen (secondary N) is 1. The first-order chi connectivity index (χ1) is 9.77. The molecule has 21 heavy (non-hydrogen) atoms. The highest BCUT2D eigenvalue weighted by Crippen LogP contribution is 2.37. The fraction of sp³-hybridized carbons (Fsp3) is 0.667. The summed E-state index contributed by atoms with van der Waals surface area (Å²) in [5.41, 5.74) is 9.00. The fourth-order valence-electron chi connectivity index (χ4n) is 2.45. The van der Waals surface area contributed by atoms with Crippen LogP contribution in [-0.2, 0) is 14.4 Å². The molecule has 0 aromatic heterocycles. The van der Waals surface area contributed by atoms with Gasteiger partial charge in [-0.15, -0.1) is 0 Å². The van der Waals surface area contributed by atoms with Gasteiger partial charge in [0.1, 0.15) is 13.1 Å². The standard InChI is InChI=1S/C12H20N4O5/c13-8(17)5-16(6-9(14)18)11(21)15-7-12(10(19)20)3-1-2-4-12/h1-7H2,(H2,13,17)(H2,14,18)(H,15,21)(H,19,20). The quantitative estimate of drug-likeness (QED) is 0.455. The second kappa shape index (κ2) is 6.91. The van der Waals surface area contributed by atoms with Crippen LogP contribution in [-0.4, -0.2) is 53.5 Å². The number of nitrogens with two attached hydrogens (primary N) is 2. The number of hydrogen-bond donors (Lipinski definition) is 4. The van der Waals surface area contributed by atoms with Gasteiger partial charge in [0.2, 0.25) is 11.8 Å². The van der Waals surface area contributed by atoms with E-state index in [1.165, 1.54) is 0 Å². The second-order valence-electron chi connectivity index (χ2n) is 5.24. The van der Waals surface area contributed by atoms with E-state index in [4.69, 9.17) is 11.5 Å². The maximum atomic E-state index is 11.9. The van der Waals surface area contributed by atoms with E-state index in [9.17, 15) is 24.3 Å². The highest BCUT2D eigenvalue weighted by Gasteiger charge is 2.41. The molecule has 118 valence electrons. The topological polar surface area (TPSA) is 156 Å². The summed E-state index contributed by atoms with van der Waals surface area (Å²) in [7, 11) is 0. The fourth-order valence-corrected chi connectivity index (χ4v) is 2.45. The van der Waals surface area contributed by atoms with E-state index >= 15 is 0 Å². The van der Waals surface area contributed by atoms with Gasteiger partial charge in [0, 0.05) is 6.54 Å². The van der Waals surface area contributed by atoms with E-state index in [1.54, 1.807) is 0 Å². The van der Waals surface area contributed by atoms with Crippen LogP contribution in [0, 0.1) is 5.41 Å². The highest BCUT2D eigenvalue weighted by molar-refractivity contribution is 5.87. The van der Waals surface area contributed by atoms with Crippen LogP contribution in [0.1, 0.15) is 25.7 Å². The first kappa shape index (κ1) is 16.7. The number of nitrogens with zero attached hydrogens (tertiary/aromatic N) is 1. The van der Waals surface area contributed by atoms with Crippen molar-refractivity contribution in [3.63, 3.8) is 0 Å². The van der Waals surface area contributed by atoms with E-state index in [0.29, 0.717) is 12.8 Å². The summed E-state index contributed by atoms with van der Waals surface area (Å²) < 4.78 is 0. The summed E-state index contributed by atoms with van der Waals surface area (Å²) in [6.07, 6.45) is 2.53. The van der Waals surface area contributed by atoms with Crippen LogP contribution in [0.15, 0.2) is 0 Å². The van der Waals surface area contributed by atoms with Crippen LogP contribution in [0.5, 0.6) is 0 Å². The summed E-state index contributed by atoms with van der Waals surface area (Å²) in [6.45, 7) is -0.987. The predicted octanol–water partition coefficient (Wildman–Crippen LogP) is -1.39. The molecule has 0 saturated heterocycles. The Bertz CT molecular complexity index is 429. The van der Waals surface area contributed by atoms with Crippen molar-refractivity contribution in [2.75, 3.05) is 19.6 Å². The van der Waals surface area contributed by atoms with Crippen LogP contribution in [0.2, 0.25) is 0 Å². The summed E-state index contributed by atoms with van der Waals surface area (Å²) >= 11 is 0. The number of primary amides is 2. The van der Waals surface area contributed by atoms with Crippen molar-refractivity contribution in [2.24, 2.45) is 16.9 Å². The van der Waals surface area contributed by atoms with Gasteiger partial charge in [-0.1, -0.05) is 12.8 Å². The molecule has 0 bridgehead atoms. The summed E-state index contributed by atoms with van der Waals surface area (Å²) in [6, 6.07) is -0.736. The van der Waals surface area contributed by atoms with Crippen molar-refractivity contribution in [1.29, 1.82) is 0 Å². The molecule has 9 nitrogen and oxygen atoms in total. The number of urea groups is 1. The first-order valence-electron chi connectivity index (χ1n) is 6.59. The largest absolute Gasteiger partial charge is 0.481 e. The second-order valence-corrected chi connectivity index (χ2v) is 5.24. The monoisotopic (exact) mass is 300 g/mol. The van der Waals surface area contributed by atoms with E-state index < -0.39 is 42.3 Å². The lowest BCUT2D eigenvalue weighted by Crippen LogP contribution is -2.51. The van der Waals surface area contributed by atoms with E-state index in [1.807, 2.05) is 0 Å². The predicted molar refractivity (Wildman–Crippen MR) is 71.9 cm³/mol. The molecule has 0 aliphatic heterocycles. The van der Waals surface area contributed by atoms with Crippen LogP contribution < -0.4 is 16.8 Å². The third-order valence-corrected chi connectivity index (χ3v) is 3.57. The molecule has 1 saturated carbocycles. The SMILES string of the molecule is NC(=O)CN(CC(N)=O)C(=O)NCC1(C(=O)O)CCCC1. The number of hydrogen-bond acceptors (Lipinski definition) is 4. The van der Waals surface area contributed by atoms with Crippen molar-refractivity contribution < 1.29 is 24.3 Å². The molecule has 0 unspecified atom stereocenters. The Balaban J connectivity index is 2.65. The molecular formula is C12H20N4O5. The number of rotatable bonds is 7. The van der Waals surface area contributed by atoms with Gasteiger partial charge < -0.3 is 26.8 Å². The normalized spacial score (nSPS) is 16.2. The zero-order valence-corrected chi connectivity index (χ0v) is 11.6. The summed E-state index contributed by atoms with van der Waals surface area (Å²) in [5, 5.41) is 11.7. The smallest absolute Gasteiger partial charge is 0.318 e. The molecular weight excluding hydrogens is 280 g/mol. The van der Waals surface area contributed by atoms with E-state index in [0.717, 1.165) is 17.7 Å². The Hall–Kier alpha value is -2.32. The molecule has 0 heterocycles. The van der Waals surface area contributed by atoms with E-state index in [-0.39, 0.29) is 6.54 Å². The number of carbonyl (C=O) groups is 4. The van der Waals surface area contributed by atoms with Crippen molar-refractivity contribution >= 4 is 23.8 Å². The average molecular weight is 300 g/mol. The molecule has 1 aliphatic carbocycles. The molecule has 4 amide bonds. The van der Waals surface area contributed by atoms with Crippen molar-refractivity contribution in [3.05, 3.63) is 0 Å². The Morgan fingerprint density at radius 1 is 1.05 bits per heavy atom. The molecule has 1 fully saturated rings. The lowest BCUT2D eigenvalue weighted by atomic mass is 9.86. The Morgan fingerprint density at radius 2 is 1.52 bits per heavy atom. The van der Waals surface area contributed by atoms with Gasteiger partial charge in [0.25, 0.3) is 0 Å². The van der Waals surface area contributed by atoms with Crippen molar-refractivity contribution in [3.8, 4) is 0 Å². The number of amides is 4. The minimum Gasteiger partial charge on any atom is -0.481 e. The Kier molecular flexibility index (Phi) is 5.51. The third kappa shape index (κ3) is 4.62. The third-order valence-electron chi connectivity index (χ3n) is 3.57. The zero-order chi connectivity index (χ0) is 16.0.